The monoisotopic (exact) mass is 192 g/mol. The summed E-state index contributed by atoms with van der Waals surface area (Å²) in [6.07, 6.45) is -0.636. The zero-order valence-corrected chi connectivity index (χ0v) is 6.91. The van der Waals surface area contributed by atoms with Crippen molar-refractivity contribution in [2.24, 2.45) is 5.92 Å². The van der Waals surface area contributed by atoms with E-state index in [1.54, 1.807) is 0 Å². The van der Waals surface area contributed by atoms with Crippen LogP contribution in [0.5, 0.6) is 0 Å². The van der Waals surface area contributed by atoms with Crippen LogP contribution in [0.15, 0.2) is 0 Å². The SMILES string of the molecule is O=S=CC(CC(=O)O)CC(=O)O. The number of rotatable bonds is 5. The number of hydrogen-bond acceptors (Lipinski definition) is 3. The minimum Gasteiger partial charge on any atom is -0.481 e. The van der Waals surface area contributed by atoms with Gasteiger partial charge in [-0.3, -0.25) is 9.59 Å². The van der Waals surface area contributed by atoms with E-state index >= 15 is 0 Å². The van der Waals surface area contributed by atoms with Crippen LogP contribution in [0, 0.1) is 5.92 Å². The smallest absolute Gasteiger partial charge is 0.303 e. The van der Waals surface area contributed by atoms with Gasteiger partial charge >= 0.3 is 11.9 Å². The quantitative estimate of drug-likeness (QED) is 0.576. The number of carboxylic acids is 2. The highest BCUT2D eigenvalue weighted by atomic mass is 32.1. The van der Waals surface area contributed by atoms with Crippen LogP contribution in [0.4, 0.5) is 0 Å². The van der Waals surface area contributed by atoms with Crippen LogP contribution in [0.25, 0.3) is 0 Å². The molecule has 2 N–H and O–H groups in total. The van der Waals surface area contributed by atoms with E-state index in [0.29, 0.717) is 0 Å². The highest BCUT2D eigenvalue weighted by molar-refractivity contribution is 7.64. The van der Waals surface area contributed by atoms with Gasteiger partial charge in [0.25, 0.3) is 0 Å². The summed E-state index contributed by atoms with van der Waals surface area (Å²) in [6.45, 7) is 0. The Bertz CT molecular complexity index is 214. The molecule has 0 saturated carbocycles. The fraction of sp³-hybridized carbons (Fsp3) is 0.500. The van der Waals surface area contributed by atoms with E-state index in [2.05, 4.69) is 0 Å². The van der Waals surface area contributed by atoms with Crippen molar-refractivity contribution >= 4 is 28.6 Å². The van der Waals surface area contributed by atoms with Crippen LogP contribution >= 0.6 is 0 Å². The molecule has 0 aromatic carbocycles. The Hall–Kier alpha value is -1.17. The van der Waals surface area contributed by atoms with Gasteiger partial charge in [-0.1, -0.05) is 0 Å². The minimum absolute atomic E-state index is 0.0920. The van der Waals surface area contributed by atoms with Crippen LogP contribution in [0.2, 0.25) is 0 Å². The van der Waals surface area contributed by atoms with Crippen molar-refractivity contribution in [1.82, 2.24) is 0 Å². The summed E-state index contributed by atoms with van der Waals surface area (Å²) in [5.41, 5.74) is 0. The van der Waals surface area contributed by atoms with Gasteiger partial charge in [0.1, 0.15) is 0 Å². The molecule has 0 unspecified atom stereocenters. The summed E-state index contributed by atoms with van der Waals surface area (Å²) >= 11 is 0.0920. The third kappa shape index (κ3) is 5.60. The fourth-order valence-electron chi connectivity index (χ4n) is 0.696. The number of aliphatic carboxylic acids is 2. The molecule has 12 heavy (non-hydrogen) atoms. The van der Waals surface area contributed by atoms with Crippen LogP contribution < -0.4 is 0 Å². The molecule has 6 heteroatoms. The maximum absolute atomic E-state index is 10.1. The Labute approximate surface area is 72.1 Å². The van der Waals surface area contributed by atoms with E-state index in [1.807, 2.05) is 0 Å². The van der Waals surface area contributed by atoms with Gasteiger partial charge in [-0.2, -0.15) is 0 Å². The lowest BCUT2D eigenvalue weighted by atomic mass is 10.0. The maximum Gasteiger partial charge on any atom is 0.303 e. The standard InChI is InChI=1S/C6H8O5S/c7-5(8)1-4(3-12-11)2-6(9)10/h3-4H,1-2H2,(H,7,8)(H,9,10). The van der Waals surface area contributed by atoms with Gasteiger partial charge in [-0.05, 0) is 0 Å². The van der Waals surface area contributed by atoms with Gasteiger partial charge in [0.05, 0.1) is 24.1 Å². The van der Waals surface area contributed by atoms with Gasteiger partial charge in [0.2, 0.25) is 0 Å². The van der Waals surface area contributed by atoms with Gasteiger partial charge in [-0.25, -0.2) is 4.21 Å². The summed E-state index contributed by atoms with van der Waals surface area (Å²) in [4.78, 5) is 20.3. The first kappa shape index (κ1) is 10.8. The highest BCUT2D eigenvalue weighted by Crippen LogP contribution is 2.04. The normalized spacial score (nSPS) is 9.42. The van der Waals surface area contributed by atoms with Crippen molar-refractivity contribution in [2.45, 2.75) is 12.8 Å². The van der Waals surface area contributed by atoms with Crippen molar-refractivity contribution in [3.8, 4) is 0 Å². The summed E-state index contributed by atoms with van der Waals surface area (Å²) in [7, 11) is 0. The Morgan fingerprint density at radius 2 is 1.67 bits per heavy atom. The molecule has 0 aliphatic carbocycles. The molecule has 0 amide bonds. The molecule has 0 radical (unpaired) electrons. The highest BCUT2D eigenvalue weighted by Gasteiger charge is 2.14. The lowest BCUT2D eigenvalue weighted by Gasteiger charge is -2.02. The van der Waals surface area contributed by atoms with E-state index in [1.165, 1.54) is 0 Å². The molecule has 0 atom stereocenters. The molecule has 0 saturated heterocycles. The average molecular weight is 192 g/mol. The second-order valence-corrected chi connectivity index (χ2v) is 2.65. The van der Waals surface area contributed by atoms with E-state index in [9.17, 15) is 13.8 Å². The molecular weight excluding hydrogens is 184 g/mol. The molecule has 5 nitrogen and oxygen atoms in total. The number of hydrogen-bond donors (Lipinski definition) is 2. The first-order valence-electron chi connectivity index (χ1n) is 3.11. The molecule has 0 aliphatic rings. The molecule has 0 rings (SSSR count). The Morgan fingerprint density at radius 1 is 1.25 bits per heavy atom. The summed E-state index contributed by atoms with van der Waals surface area (Å²) in [6, 6.07) is 0. The van der Waals surface area contributed by atoms with E-state index in [-0.39, 0.29) is 24.1 Å². The van der Waals surface area contributed by atoms with Crippen molar-refractivity contribution in [3.05, 3.63) is 0 Å². The van der Waals surface area contributed by atoms with Crippen LogP contribution in [0.1, 0.15) is 12.8 Å². The first-order chi connectivity index (χ1) is 5.56. The van der Waals surface area contributed by atoms with Gasteiger partial charge in [0, 0.05) is 11.3 Å². The number of carbonyl (C=O) groups is 2. The van der Waals surface area contributed by atoms with Crippen LogP contribution in [0.3, 0.4) is 0 Å². The molecule has 0 fully saturated rings. The van der Waals surface area contributed by atoms with E-state index < -0.39 is 17.9 Å². The predicted octanol–water partition coefficient (Wildman–Crippen LogP) is -0.433. The lowest BCUT2D eigenvalue weighted by molar-refractivity contribution is -0.139. The predicted molar refractivity (Wildman–Crippen MR) is 42.2 cm³/mol. The molecule has 0 heterocycles. The third-order valence-corrected chi connectivity index (χ3v) is 1.62. The van der Waals surface area contributed by atoms with Crippen LogP contribution in [-0.2, 0) is 20.8 Å². The fourth-order valence-corrected chi connectivity index (χ4v) is 1.05. The molecule has 0 bridgehead atoms. The zero-order valence-electron chi connectivity index (χ0n) is 6.10. The molecule has 0 aliphatic heterocycles. The molecule has 0 aromatic rings. The number of carboxylic acid groups (broad SMARTS) is 2. The van der Waals surface area contributed by atoms with E-state index in [0.717, 1.165) is 5.37 Å². The van der Waals surface area contributed by atoms with Gasteiger partial charge in [-0.15, -0.1) is 0 Å². The van der Waals surface area contributed by atoms with Crippen molar-refractivity contribution in [2.75, 3.05) is 0 Å². The minimum atomic E-state index is -1.11. The largest absolute Gasteiger partial charge is 0.481 e. The third-order valence-electron chi connectivity index (χ3n) is 1.12. The van der Waals surface area contributed by atoms with Crippen molar-refractivity contribution < 1.29 is 24.0 Å². The molecule has 0 aromatic heterocycles. The molecule has 68 valence electrons. The van der Waals surface area contributed by atoms with Gasteiger partial charge < -0.3 is 10.2 Å². The molecule has 0 spiro atoms. The Balaban J connectivity index is 4.12. The van der Waals surface area contributed by atoms with Gasteiger partial charge in [0.15, 0.2) is 0 Å². The van der Waals surface area contributed by atoms with Crippen molar-refractivity contribution in [3.63, 3.8) is 0 Å². The average Bonchev–Trinajstić information content (AvgIpc) is 1.84. The van der Waals surface area contributed by atoms with Crippen LogP contribution in [-0.4, -0.2) is 31.7 Å². The Kier molecular flexibility index (Phi) is 4.94. The first-order valence-corrected chi connectivity index (χ1v) is 3.92. The van der Waals surface area contributed by atoms with E-state index in [4.69, 9.17) is 10.2 Å². The second kappa shape index (κ2) is 5.48. The summed E-state index contributed by atoms with van der Waals surface area (Å²) < 4.78 is 9.98. The second-order valence-electron chi connectivity index (χ2n) is 2.19. The molecular formula is C6H8O5S. The van der Waals surface area contributed by atoms with Crippen molar-refractivity contribution in [1.29, 1.82) is 0 Å². The summed E-state index contributed by atoms with van der Waals surface area (Å²) in [5.74, 6) is -2.90. The maximum atomic E-state index is 10.1. The zero-order chi connectivity index (χ0) is 9.56. The Morgan fingerprint density at radius 3 is 1.92 bits per heavy atom. The summed E-state index contributed by atoms with van der Waals surface area (Å²) in [5, 5.41) is 17.7. The lowest BCUT2D eigenvalue weighted by Crippen LogP contribution is -2.13. The topological polar surface area (TPSA) is 91.7 Å².